The largest absolute Gasteiger partial charge is 0.387 e. The maximum absolute atomic E-state index is 11.5. The van der Waals surface area contributed by atoms with Gasteiger partial charge >= 0.3 is 6.03 Å². The second-order valence-corrected chi connectivity index (χ2v) is 7.58. The number of sulfone groups is 1. The van der Waals surface area contributed by atoms with E-state index in [-0.39, 0.29) is 6.03 Å². The number of rotatable bonds is 3. The summed E-state index contributed by atoms with van der Waals surface area (Å²) in [5.74, 6) is 0. The zero-order chi connectivity index (χ0) is 15.1. The molecule has 0 aromatic heterocycles. The van der Waals surface area contributed by atoms with Crippen LogP contribution in [-0.2, 0) is 16.4 Å². The normalized spacial score (nSPS) is 18.2. The number of nitrogens with one attached hydrogen (secondary N) is 1. The molecular formula is C13H18N2O4S. The predicted molar refractivity (Wildman–Crippen MR) is 76.2 cm³/mol. The molecule has 2 rings (SSSR count). The third kappa shape index (κ3) is 2.78. The molecule has 20 heavy (non-hydrogen) atoms. The van der Waals surface area contributed by atoms with Gasteiger partial charge in [0, 0.05) is 25.5 Å². The van der Waals surface area contributed by atoms with Gasteiger partial charge in [0.05, 0.1) is 11.4 Å². The standard InChI is InChI=1S/C13H18N2O4S/c1-8(20(3,18)19)12(16)9-4-5-11-10(6-9)7-15(2)13(17)14-11/h4-6,8,12,16H,7H2,1-3H3,(H,14,17). The first-order valence-electron chi connectivity index (χ1n) is 6.22. The zero-order valence-corrected chi connectivity index (χ0v) is 12.4. The molecule has 2 amide bonds. The second kappa shape index (κ2) is 5.06. The summed E-state index contributed by atoms with van der Waals surface area (Å²) >= 11 is 0. The van der Waals surface area contributed by atoms with Crippen molar-refractivity contribution >= 4 is 21.6 Å². The molecule has 2 atom stereocenters. The highest BCUT2D eigenvalue weighted by atomic mass is 32.2. The zero-order valence-electron chi connectivity index (χ0n) is 11.6. The first-order valence-corrected chi connectivity index (χ1v) is 8.17. The molecule has 0 aliphatic carbocycles. The predicted octanol–water partition coefficient (Wildman–Crippen LogP) is 1.13. The number of hydrogen-bond donors (Lipinski definition) is 2. The van der Waals surface area contributed by atoms with Gasteiger partial charge in [0.2, 0.25) is 0 Å². The van der Waals surface area contributed by atoms with E-state index in [9.17, 15) is 18.3 Å². The first kappa shape index (κ1) is 14.8. The molecule has 1 aliphatic heterocycles. The van der Waals surface area contributed by atoms with Gasteiger partial charge in [-0.1, -0.05) is 6.07 Å². The number of carbonyl (C=O) groups is 1. The summed E-state index contributed by atoms with van der Waals surface area (Å²) in [6.07, 6.45) is 0.0195. The van der Waals surface area contributed by atoms with E-state index in [0.29, 0.717) is 17.8 Å². The Morgan fingerprint density at radius 3 is 2.65 bits per heavy atom. The monoisotopic (exact) mass is 298 g/mol. The van der Waals surface area contributed by atoms with Crippen LogP contribution in [0.3, 0.4) is 0 Å². The lowest BCUT2D eigenvalue weighted by molar-refractivity contribution is 0.176. The number of anilines is 1. The summed E-state index contributed by atoms with van der Waals surface area (Å²) < 4.78 is 23.0. The number of nitrogens with zero attached hydrogens (tertiary/aromatic N) is 1. The molecule has 0 fully saturated rings. The van der Waals surface area contributed by atoms with Gasteiger partial charge in [0.15, 0.2) is 9.84 Å². The van der Waals surface area contributed by atoms with Crippen LogP contribution in [0.4, 0.5) is 10.5 Å². The van der Waals surface area contributed by atoms with Crippen molar-refractivity contribution in [3.8, 4) is 0 Å². The molecule has 0 radical (unpaired) electrons. The number of carbonyl (C=O) groups excluding carboxylic acids is 1. The summed E-state index contributed by atoms with van der Waals surface area (Å²) in [6.45, 7) is 1.91. The highest BCUT2D eigenvalue weighted by molar-refractivity contribution is 7.91. The molecule has 0 spiro atoms. The van der Waals surface area contributed by atoms with Gasteiger partial charge in [-0.15, -0.1) is 0 Å². The Morgan fingerprint density at radius 1 is 1.40 bits per heavy atom. The van der Waals surface area contributed by atoms with E-state index < -0.39 is 21.2 Å². The minimum atomic E-state index is -3.32. The molecule has 2 N–H and O–H groups in total. The van der Waals surface area contributed by atoms with Crippen LogP contribution < -0.4 is 5.32 Å². The Balaban J connectivity index is 2.32. The van der Waals surface area contributed by atoms with Gasteiger partial charge in [0.25, 0.3) is 0 Å². The highest BCUT2D eigenvalue weighted by Crippen LogP contribution is 2.28. The van der Waals surface area contributed by atoms with Crippen molar-refractivity contribution in [1.29, 1.82) is 0 Å². The van der Waals surface area contributed by atoms with Crippen LogP contribution in [0.25, 0.3) is 0 Å². The first-order chi connectivity index (χ1) is 9.20. The molecule has 110 valence electrons. The Morgan fingerprint density at radius 2 is 2.05 bits per heavy atom. The quantitative estimate of drug-likeness (QED) is 0.876. The third-order valence-corrected chi connectivity index (χ3v) is 5.20. The summed E-state index contributed by atoms with van der Waals surface area (Å²) in [4.78, 5) is 13.0. The van der Waals surface area contributed by atoms with Crippen LogP contribution >= 0.6 is 0 Å². The fraction of sp³-hybridized carbons (Fsp3) is 0.462. The van der Waals surface area contributed by atoms with E-state index in [4.69, 9.17) is 0 Å². The van der Waals surface area contributed by atoms with Gasteiger partial charge in [-0.25, -0.2) is 13.2 Å². The molecule has 2 unspecified atom stereocenters. The van der Waals surface area contributed by atoms with E-state index >= 15 is 0 Å². The van der Waals surface area contributed by atoms with Crippen LogP contribution in [0.2, 0.25) is 0 Å². The number of fused-ring (bicyclic) bond motifs is 1. The highest BCUT2D eigenvalue weighted by Gasteiger charge is 2.27. The molecule has 1 aromatic carbocycles. The van der Waals surface area contributed by atoms with Crippen molar-refractivity contribution < 1.29 is 18.3 Å². The number of aliphatic hydroxyl groups is 1. The van der Waals surface area contributed by atoms with E-state index in [2.05, 4.69) is 5.32 Å². The lowest BCUT2D eigenvalue weighted by Gasteiger charge is -2.27. The van der Waals surface area contributed by atoms with Gasteiger partial charge in [0.1, 0.15) is 0 Å². The number of aliphatic hydroxyl groups excluding tert-OH is 1. The molecule has 1 aliphatic rings. The van der Waals surface area contributed by atoms with Gasteiger partial charge in [-0.05, 0) is 30.2 Å². The van der Waals surface area contributed by atoms with Crippen molar-refractivity contribution in [2.75, 3.05) is 18.6 Å². The van der Waals surface area contributed by atoms with Crippen LogP contribution in [0.1, 0.15) is 24.2 Å². The fourth-order valence-electron chi connectivity index (χ4n) is 2.09. The Kier molecular flexibility index (Phi) is 3.75. The van der Waals surface area contributed by atoms with Crippen molar-refractivity contribution in [2.24, 2.45) is 0 Å². The Bertz CT molecular complexity index is 642. The van der Waals surface area contributed by atoms with Crippen molar-refractivity contribution in [2.45, 2.75) is 24.8 Å². The minimum absolute atomic E-state index is 0.185. The molecule has 6 nitrogen and oxygen atoms in total. The molecule has 0 bridgehead atoms. The van der Waals surface area contributed by atoms with Gasteiger partial charge in [-0.3, -0.25) is 0 Å². The minimum Gasteiger partial charge on any atom is -0.387 e. The van der Waals surface area contributed by atoms with Crippen LogP contribution in [-0.4, -0.2) is 43.0 Å². The molecule has 1 aromatic rings. The van der Waals surface area contributed by atoms with Crippen molar-refractivity contribution in [3.05, 3.63) is 29.3 Å². The SMILES string of the molecule is CC(C(O)c1ccc2c(c1)CN(C)C(=O)N2)S(C)(=O)=O. The second-order valence-electron chi connectivity index (χ2n) is 5.18. The van der Waals surface area contributed by atoms with Crippen molar-refractivity contribution in [3.63, 3.8) is 0 Å². The summed E-state index contributed by atoms with van der Waals surface area (Å²) in [5, 5.41) is 12.0. The van der Waals surface area contributed by atoms with E-state index in [1.54, 1.807) is 25.2 Å². The molecular weight excluding hydrogens is 280 g/mol. The smallest absolute Gasteiger partial charge is 0.321 e. The fourth-order valence-corrected chi connectivity index (χ4v) is 2.72. The maximum Gasteiger partial charge on any atom is 0.321 e. The Hall–Kier alpha value is -1.60. The third-order valence-electron chi connectivity index (χ3n) is 3.59. The van der Waals surface area contributed by atoms with Gasteiger partial charge < -0.3 is 15.3 Å². The summed E-state index contributed by atoms with van der Waals surface area (Å²) in [5.41, 5.74) is 2.08. The molecule has 0 saturated heterocycles. The molecule has 1 heterocycles. The van der Waals surface area contributed by atoms with E-state index in [1.807, 2.05) is 0 Å². The average molecular weight is 298 g/mol. The maximum atomic E-state index is 11.5. The van der Waals surface area contributed by atoms with E-state index in [0.717, 1.165) is 11.8 Å². The lowest BCUT2D eigenvalue weighted by atomic mass is 10.0. The number of urea groups is 1. The summed E-state index contributed by atoms with van der Waals surface area (Å²) in [6, 6.07) is 4.87. The summed E-state index contributed by atoms with van der Waals surface area (Å²) in [7, 11) is -1.65. The van der Waals surface area contributed by atoms with Gasteiger partial charge in [-0.2, -0.15) is 0 Å². The molecule has 7 heteroatoms. The van der Waals surface area contributed by atoms with Crippen LogP contribution in [0, 0.1) is 0 Å². The van der Waals surface area contributed by atoms with Crippen LogP contribution in [0.5, 0.6) is 0 Å². The van der Waals surface area contributed by atoms with Crippen molar-refractivity contribution in [1.82, 2.24) is 4.90 Å². The number of hydrogen-bond acceptors (Lipinski definition) is 4. The number of benzene rings is 1. The van der Waals surface area contributed by atoms with Crippen LogP contribution in [0.15, 0.2) is 18.2 Å². The van der Waals surface area contributed by atoms with E-state index in [1.165, 1.54) is 11.8 Å². The topological polar surface area (TPSA) is 86.7 Å². The number of amides is 2. The Labute approximate surface area is 118 Å². The lowest BCUT2D eigenvalue weighted by Crippen LogP contribution is -2.35. The average Bonchev–Trinajstić information content (AvgIpc) is 2.37. The molecule has 0 saturated carbocycles.